The maximum atomic E-state index is 10.9. The van der Waals surface area contributed by atoms with Crippen LogP contribution < -0.4 is 5.73 Å². The van der Waals surface area contributed by atoms with Crippen LogP contribution in [0.25, 0.3) is 0 Å². The minimum absolute atomic E-state index is 0.194. The Kier molecular flexibility index (Phi) is 4.72. The molecule has 0 radical (unpaired) electrons. The van der Waals surface area contributed by atoms with Crippen molar-refractivity contribution in [2.24, 2.45) is 17.1 Å². The molecular formula is C16H31NO4. The molecule has 5 atom stereocenters. The second-order valence-electron chi connectivity index (χ2n) is 7.32. The minimum atomic E-state index is -1.61. The molecule has 21 heavy (non-hydrogen) atoms. The number of ether oxygens (including phenoxy) is 1. The molecule has 1 saturated carbocycles. The minimum Gasteiger partial charge on any atom is -0.386 e. The summed E-state index contributed by atoms with van der Waals surface area (Å²) in [6.07, 6.45) is 5.29. The molecule has 0 spiro atoms. The zero-order valence-electron chi connectivity index (χ0n) is 13.5. The number of fused-ring (bicyclic) bond motifs is 1. The summed E-state index contributed by atoms with van der Waals surface area (Å²) in [5.74, 6) is -0.341. The smallest absolute Gasteiger partial charge is 0.187 e. The molecule has 0 amide bonds. The van der Waals surface area contributed by atoms with E-state index in [1.807, 2.05) is 0 Å². The average Bonchev–Trinajstić information content (AvgIpc) is 2.80. The van der Waals surface area contributed by atoms with E-state index in [0.29, 0.717) is 0 Å². The van der Waals surface area contributed by atoms with Gasteiger partial charge < -0.3 is 25.8 Å². The summed E-state index contributed by atoms with van der Waals surface area (Å²) in [6.45, 7) is 5.89. The summed E-state index contributed by atoms with van der Waals surface area (Å²) >= 11 is 0. The van der Waals surface area contributed by atoms with Gasteiger partial charge in [-0.2, -0.15) is 0 Å². The van der Waals surface area contributed by atoms with E-state index in [4.69, 9.17) is 10.5 Å². The lowest BCUT2D eigenvalue weighted by atomic mass is 9.84. The van der Waals surface area contributed by atoms with Crippen molar-refractivity contribution in [3.05, 3.63) is 0 Å². The second-order valence-corrected chi connectivity index (χ2v) is 7.32. The highest BCUT2D eigenvalue weighted by molar-refractivity contribution is 5.37. The van der Waals surface area contributed by atoms with Crippen molar-refractivity contribution < 1.29 is 20.1 Å². The third kappa shape index (κ3) is 2.25. The number of hydrogen-bond acceptors (Lipinski definition) is 5. The summed E-state index contributed by atoms with van der Waals surface area (Å²) in [5.41, 5.74) is 2.48. The Morgan fingerprint density at radius 3 is 2.38 bits per heavy atom. The van der Waals surface area contributed by atoms with Crippen LogP contribution in [-0.4, -0.2) is 45.5 Å². The van der Waals surface area contributed by atoms with E-state index >= 15 is 0 Å². The molecule has 5 nitrogen and oxygen atoms in total. The van der Waals surface area contributed by atoms with Crippen LogP contribution in [0.2, 0.25) is 0 Å². The topological polar surface area (TPSA) is 95.9 Å². The highest BCUT2D eigenvalue weighted by Crippen LogP contribution is 2.71. The Morgan fingerprint density at radius 2 is 1.76 bits per heavy atom. The highest BCUT2D eigenvalue weighted by atomic mass is 16.6. The van der Waals surface area contributed by atoms with E-state index in [1.54, 1.807) is 13.8 Å². The van der Waals surface area contributed by atoms with Gasteiger partial charge in [0.15, 0.2) is 11.9 Å². The second kappa shape index (κ2) is 5.78. The molecule has 5 N–H and O–H groups in total. The molecule has 1 aliphatic heterocycles. The van der Waals surface area contributed by atoms with Gasteiger partial charge in [0, 0.05) is 17.4 Å². The van der Waals surface area contributed by atoms with E-state index in [1.165, 1.54) is 19.3 Å². The molecule has 5 heteroatoms. The lowest BCUT2D eigenvalue weighted by Crippen LogP contribution is -2.55. The summed E-state index contributed by atoms with van der Waals surface area (Å²) in [5, 5.41) is 31.4. The first kappa shape index (κ1) is 17.2. The van der Waals surface area contributed by atoms with Gasteiger partial charge in [-0.15, -0.1) is 0 Å². The van der Waals surface area contributed by atoms with Gasteiger partial charge in [0.25, 0.3) is 0 Å². The molecule has 0 aromatic carbocycles. The summed E-state index contributed by atoms with van der Waals surface area (Å²) in [6, 6.07) is -0.225. The Bertz CT molecular complexity index is 375. The molecule has 2 rings (SSSR count). The number of hydrogen-bond donors (Lipinski definition) is 4. The van der Waals surface area contributed by atoms with Crippen LogP contribution in [0.4, 0.5) is 0 Å². The first-order valence-corrected chi connectivity index (χ1v) is 8.25. The van der Waals surface area contributed by atoms with Gasteiger partial charge in [-0.05, 0) is 6.42 Å². The van der Waals surface area contributed by atoms with Crippen LogP contribution in [0.5, 0.6) is 0 Å². The van der Waals surface area contributed by atoms with Gasteiger partial charge in [-0.3, -0.25) is 0 Å². The fourth-order valence-electron chi connectivity index (χ4n) is 4.19. The van der Waals surface area contributed by atoms with E-state index in [0.717, 1.165) is 19.3 Å². The van der Waals surface area contributed by atoms with Crippen LogP contribution >= 0.6 is 0 Å². The van der Waals surface area contributed by atoms with Gasteiger partial charge in [0.05, 0.1) is 6.61 Å². The number of aliphatic hydroxyl groups excluding tert-OH is 1. The van der Waals surface area contributed by atoms with E-state index in [2.05, 4.69) is 6.92 Å². The lowest BCUT2D eigenvalue weighted by Gasteiger charge is -2.37. The van der Waals surface area contributed by atoms with Crippen molar-refractivity contribution in [2.45, 2.75) is 82.8 Å². The average molecular weight is 301 g/mol. The molecule has 124 valence electrons. The van der Waals surface area contributed by atoms with Crippen LogP contribution in [0.15, 0.2) is 0 Å². The Hall–Kier alpha value is -0.200. The van der Waals surface area contributed by atoms with Crippen molar-refractivity contribution in [1.29, 1.82) is 0 Å². The van der Waals surface area contributed by atoms with Crippen molar-refractivity contribution >= 4 is 0 Å². The fraction of sp³-hybridized carbons (Fsp3) is 1.00. The van der Waals surface area contributed by atoms with Crippen molar-refractivity contribution in [1.82, 2.24) is 0 Å². The van der Waals surface area contributed by atoms with Crippen LogP contribution in [-0.2, 0) is 4.74 Å². The molecule has 1 aliphatic carbocycles. The molecule has 2 fully saturated rings. The van der Waals surface area contributed by atoms with Gasteiger partial charge in [0.2, 0.25) is 0 Å². The number of aliphatic hydroxyl groups is 3. The van der Waals surface area contributed by atoms with Gasteiger partial charge in [-0.1, -0.05) is 52.9 Å². The van der Waals surface area contributed by atoms with Gasteiger partial charge in [0.1, 0.15) is 5.60 Å². The zero-order chi connectivity index (χ0) is 15.9. The van der Waals surface area contributed by atoms with E-state index in [9.17, 15) is 15.3 Å². The predicted molar refractivity (Wildman–Crippen MR) is 80.5 cm³/mol. The quantitative estimate of drug-likeness (QED) is 0.529. The highest BCUT2D eigenvalue weighted by Gasteiger charge is 2.89. The van der Waals surface area contributed by atoms with E-state index in [-0.39, 0.29) is 18.6 Å². The fourth-order valence-corrected chi connectivity index (χ4v) is 4.19. The molecule has 1 heterocycles. The maximum absolute atomic E-state index is 10.9. The van der Waals surface area contributed by atoms with Crippen LogP contribution in [0.1, 0.15) is 59.3 Å². The number of rotatable bonds is 7. The Balaban J connectivity index is 1.95. The van der Waals surface area contributed by atoms with Crippen molar-refractivity contribution in [3.63, 3.8) is 0 Å². The lowest BCUT2D eigenvalue weighted by molar-refractivity contribution is -0.244. The molecule has 0 aromatic rings. The zero-order valence-corrected chi connectivity index (χ0v) is 13.5. The first-order valence-electron chi connectivity index (χ1n) is 8.25. The molecule has 0 bridgehead atoms. The van der Waals surface area contributed by atoms with Crippen molar-refractivity contribution in [3.8, 4) is 0 Å². The monoisotopic (exact) mass is 301 g/mol. The predicted octanol–water partition coefficient (Wildman–Crippen LogP) is 1.14. The maximum Gasteiger partial charge on any atom is 0.187 e. The SMILES string of the molecule is CCCCCCCC(N)[C@H]1COC(O)[C@]2(O)C(C)(C)[C@@]12O. The van der Waals surface area contributed by atoms with Crippen LogP contribution in [0.3, 0.4) is 0 Å². The van der Waals surface area contributed by atoms with E-state index < -0.39 is 22.9 Å². The largest absolute Gasteiger partial charge is 0.386 e. The molecule has 2 unspecified atom stereocenters. The van der Waals surface area contributed by atoms with Gasteiger partial charge in [-0.25, -0.2) is 0 Å². The first-order chi connectivity index (χ1) is 9.75. The third-order valence-corrected chi connectivity index (χ3v) is 5.91. The molecule has 1 saturated heterocycles. The number of nitrogens with two attached hydrogens (primary N) is 1. The standard InChI is InChI=1S/C16H31NO4/c1-4-5-6-7-8-9-12(17)11-10-21-13(18)16(20)14(2,3)15(11,16)19/h11-13,18-20H,4-10,17H2,1-3H3/t11-,12?,13?,15+,16+/m1/s1. The molecule has 0 aromatic heterocycles. The van der Waals surface area contributed by atoms with Crippen molar-refractivity contribution in [2.75, 3.05) is 6.61 Å². The summed E-state index contributed by atoms with van der Waals surface area (Å²) in [7, 11) is 0. The Labute approximate surface area is 127 Å². The summed E-state index contributed by atoms with van der Waals surface area (Å²) in [4.78, 5) is 0. The molecular weight excluding hydrogens is 270 g/mol. The normalized spacial score (nSPS) is 42.4. The van der Waals surface area contributed by atoms with Gasteiger partial charge >= 0.3 is 0 Å². The van der Waals surface area contributed by atoms with Crippen LogP contribution in [0, 0.1) is 11.3 Å². The Morgan fingerprint density at radius 1 is 1.14 bits per heavy atom. The molecule has 2 aliphatic rings. The number of unbranched alkanes of at least 4 members (excludes halogenated alkanes) is 4. The summed E-state index contributed by atoms with van der Waals surface area (Å²) < 4.78 is 5.28. The third-order valence-electron chi connectivity index (χ3n) is 5.91.